The number of carbonyl (C=O) groups is 1. The van der Waals surface area contributed by atoms with E-state index in [0.717, 1.165) is 15.5 Å². The number of carboxylic acids is 1. The molecule has 5 heteroatoms. The van der Waals surface area contributed by atoms with E-state index in [-0.39, 0.29) is 5.56 Å². The van der Waals surface area contributed by atoms with Crippen LogP contribution in [-0.4, -0.2) is 16.1 Å². The van der Waals surface area contributed by atoms with Gasteiger partial charge in [0, 0.05) is 15.6 Å². The highest BCUT2D eigenvalue weighted by Gasteiger charge is 2.10. The number of aromatic carboxylic acids is 1. The van der Waals surface area contributed by atoms with Crippen molar-refractivity contribution < 1.29 is 9.90 Å². The molecule has 18 heavy (non-hydrogen) atoms. The van der Waals surface area contributed by atoms with Crippen molar-refractivity contribution in [3.05, 3.63) is 52.1 Å². The van der Waals surface area contributed by atoms with Crippen molar-refractivity contribution in [3.8, 4) is 0 Å². The third-order valence-electron chi connectivity index (χ3n) is 2.28. The molecule has 92 valence electrons. The first kappa shape index (κ1) is 13.1. The Labute approximate surface area is 117 Å². The number of hydrogen-bond acceptors (Lipinski definition) is 3. The highest BCUT2D eigenvalue weighted by atomic mass is 79.9. The van der Waals surface area contributed by atoms with Crippen LogP contribution in [0.25, 0.3) is 0 Å². The Morgan fingerprint density at radius 1 is 1.33 bits per heavy atom. The molecule has 0 unspecified atom stereocenters. The topological polar surface area (TPSA) is 50.2 Å². The Morgan fingerprint density at radius 2 is 2.11 bits per heavy atom. The molecule has 0 bridgehead atoms. The Hall–Kier alpha value is -1.33. The Morgan fingerprint density at radius 3 is 2.78 bits per heavy atom. The molecule has 1 heterocycles. The molecule has 2 aromatic rings. The van der Waals surface area contributed by atoms with E-state index in [4.69, 9.17) is 5.11 Å². The zero-order valence-electron chi connectivity index (χ0n) is 9.55. The summed E-state index contributed by atoms with van der Waals surface area (Å²) in [6.45, 7) is 2.00. The van der Waals surface area contributed by atoms with Crippen LogP contribution in [0.5, 0.6) is 0 Å². The summed E-state index contributed by atoms with van der Waals surface area (Å²) in [6, 6.07) is 9.13. The fraction of sp³-hybridized carbons (Fsp3) is 0.0769. The van der Waals surface area contributed by atoms with E-state index in [0.29, 0.717) is 4.47 Å². The van der Waals surface area contributed by atoms with Crippen molar-refractivity contribution in [1.82, 2.24) is 4.98 Å². The van der Waals surface area contributed by atoms with Crippen LogP contribution >= 0.6 is 27.7 Å². The molecule has 0 aliphatic heterocycles. The van der Waals surface area contributed by atoms with Gasteiger partial charge in [0.15, 0.2) is 0 Å². The first-order valence-electron chi connectivity index (χ1n) is 5.19. The van der Waals surface area contributed by atoms with E-state index >= 15 is 0 Å². The Bertz CT molecular complexity index is 601. The van der Waals surface area contributed by atoms with Gasteiger partial charge in [0.1, 0.15) is 5.03 Å². The molecule has 1 aromatic carbocycles. The lowest BCUT2D eigenvalue weighted by molar-refractivity contribution is 0.0695. The van der Waals surface area contributed by atoms with Gasteiger partial charge in [-0.05, 0) is 58.7 Å². The van der Waals surface area contributed by atoms with Crippen molar-refractivity contribution in [2.24, 2.45) is 0 Å². The summed E-state index contributed by atoms with van der Waals surface area (Å²) in [4.78, 5) is 16.1. The summed E-state index contributed by atoms with van der Waals surface area (Å²) in [5.74, 6) is -0.943. The molecular weight excluding hydrogens is 314 g/mol. The third-order valence-corrected chi connectivity index (χ3v) is 3.89. The molecule has 1 N–H and O–H groups in total. The van der Waals surface area contributed by atoms with Crippen molar-refractivity contribution in [3.63, 3.8) is 0 Å². The molecule has 0 spiro atoms. The van der Waals surface area contributed by atoms with Gasteiger partial charge in [-0.3, -0.25) is 0 Å². The van der Waals surface area contributed by atoms with Gasteiger partial charge >= 0.3 is 5.97 Å². The number of rotatable bonds is 3. The van der Waals surface area contributed by atoms with Crippen molar-refractivity contribution in [2.75, 3.05) is 0 Å². The minimum atomic E-state index is -0.943. The van der Waals surface area contributed by atoms with Crippen LogP contribution in [0.4, 0.5) is 0 Å². The first-order valence-corrected chi connectivity index (χ1v) is 6.80. The average molecular weight is 324 g/mol. The second kappa shape index (κ2) is 5.54. The van der Waals surface area contributed by atoms with E-state index in [1.54, 1.807) is 18.3 Å². The van der Waals surface area contributed by atoms with Gasteiger partial charge in [0.25, 0.3) is 0 Å². The van der Waals surface area contributed by atoms with Gasteiger partial charge < -0.3 is 5.11 Å². The fourth-order valence-electron chi connectivity index (χ4n) is 1.42. The standard InChI is InChI=1S/C13H10BrNO2S/c1-8-4-5-15-12(6-8)18-9-2-3-11(14)10(7-9)13(16)17/h2-7H,1H3,(H,16,17). The molecule has 0 amide bonds. The summed E-state index contributed by atoms with van der Waals surface area (Å²) >= 11 is 4.67. The van der Waals surface area contributed by atoms with Gasteiger partial charge in [0.2, 0.25) is 0 Å². The van der Waals surface area contributed by atoms with Gasteiger partial charge in [0.05, 0.1) is 5.56 Å². The maximum absolute atomic E-state index is 11.0. The molecule has 1 aromatic heterocycles. The summed E-state index contributed by atoms with van der Waals surface area (Å²) in [5.41, 5.74) is 1.38. The second-order valence-electron chi connectivity index (χ2n) is 3.72. The lowest BCUT2D eigenvalue weighted by Crippen LogP contribution is -1.97. The van der Waals surface area contributed by atoms with Crippen molar-refractivity contribution in [1.29, 1.82) is 0 Å². The molecular formula is C13H10BrNO2S. The molecule has 0 saturated heterocycles. The normalized spacial score (nSPS) is 10.3. The predicted octanol–water partition coefficient (Wildman–Crippen LogP) is 4.00. The van der Waals surface area contributed by atoms with Crippen LogP contribution < -0.4 is 0 Å². The lowest BCUT2D eigenvalue weighted by atomic mass is 10.2. The molecule has 0 aliphatic carbocycles. The van der Waals surface area contributed by atoms with E-state index in [2.05, 4.69) is 20.9 Å². The van der Waals surface area contributed by atoms with Gasteiger partial charge in [-0.2, -0.15) is 0 Å². The SMILES string of the molecule is Cc1ccnc(Sc2ccc(Br)c(C(=O)O)c2)c1. The van der Waals surface area contributed by atoms with E-state index < -0.39 is 5.97 Å². The minimum Gasteiger partial charge on any atom is -0.478 e. The smallest absolute Gasteiger partial charge is 0.336 e. The summed E-state index contributed by atoms with van der Waals surface area (Å²) in [6.07, 6.45) is 1.74. The van der Waals surface area contributed by atoms with Crippen LogP contribution in [0.1, 0.15) is 15.9 Å². The predicted molar refractivity (Wildman–Crippen MR) is 74.2 cm³/mol. The van der Waals surface area contributed by atoms with Crippen LogP contribution in [0.2, 0.25) is 0 Å². The van der Waals surface area contributed by atoms with Gasteiger partial charge in [-0.25, -0.2) is 9.78 Å². The van der Waals surface area contributed by atoms with E-state index in [9.17, 15) is 4.79 Å². The number of carboxylic acid groups (broad SMARTS) is 1. The molecule has 0 radical (unpaired) electrons. The number of nitrogens with zero attached hydrogens (tertiary/aromatic N) is 1. The number of aryl methyl sites for hydroxylation is 1. The quantitative estimate of drug-likeness (QED) is 0.927. The van der Waals surface area contributed by atoms with Crippen molar-refractivity contribution >= 4 is 33.7 Å². The van der Waals surface area contributed by atoms with Crippen LogP contribution in [0.3, 0.4) is 0 Å². The largest absolute Gasteiger partial charge is 0.478 e. The molecule has 3 nitrogen and oxygen atoms in total. The van der Waals surface area contributed by atoms with Crippen LogP contribution in [-0.2, 0) is 0 Å². The number of aromatic nitrogens is 1. The van der Waals surface area contributed by atoms with Gasteiger partial charge in [-0.1, -0.05) is 11.8 Å². The number of hydrogen-bond donors (Lipinski definition) is 1. The monoisotopic (exact) mass is 323 g/mol. The minimum absolute atomic E-state index is 0.257. The summed E-state index contributed by atoms with van der Waals surface area (Å²) in [7, 11) is 0. The third kappa shape index (κ3) is 3.11. The van der Waals surface area contributed by atoms with E-state index in [1.165, 1.54) is 11.8 Å². The average Bonchev–Trinajstić information content (AvgIpc) is 2.31. The highest BCUT2D eigenvalue weighted by molar-refractivity contribution is 9.10. The number of benzene rings is 1. The molecule has 0 fully saturated rings. The number of pyridine rings is 1. The highest BCUT2D eigenvalue weighted by Crippen LogP contribution is 2.29. The first-order chi connectivity index (χ1) is 8.56. The molecule has 2 rings (SSSR count). The van der Waals surface area contributed by atoms with E-state index in [1.807, 2.05) is 25.1 Å². The molecule has 0 saturated carbocycles. The maximum atomic E-state index is 11.0. The summed E-state index contributed by atoms with van der Waals surface area (Å²) in [5, 5.41) is 9.90. The second-order valence-corrected chi connectivity index (χ2v) is 5.67. The lowest BCUT2D eigenvalue weighted by Gasteiger charge is -2.04. The van der Waals surface area contributed by atoms with Crippen LogP contribution in [0.15, 0.2) is 50.9 Å². The van der Waals surface area contributed by atoms with Gasteiger partial charge in [-0.15, -0.1) is 0 Å². The summed E-state index contributed by atoms with van der Waals surface area (Å²) < 4.78 is 0.580. The Balaban J connectivity index is 2.30. The maximum Gasteiger partial charge on any atom is 0.336 e. The zero-order chi connectivity index (χ0) is 13.1. The van der Waals surface area contributed by atoms with Crippen molar-refractivity contribution in [2.45, 2.75) is 16.8 Å². The Kier molecular flexibility index (Phi) is 4.04. The zero-order valence-corrected chi connectivity index (χ0v) is 12.0. The fourth-order valence-corrected chi connectivity index (χ4v) is 2.75. The molecule has 0 aliphatic rings. The molecule has 0 atom stereocenters. The van der Waals surface area contributed by atoms with Crippen LogP contribution in [0, 0.1) is 6.92 Å². The number of halogens is 1.